The monoisotopic (exact) mass is 481 g/mol. The fraction of sp³-hybridized carbons (Fsp3) is 0.355. The van der Waals surface area contributed by atoms with Crippen LogP contribution in [0, 0.1) is 13.8 Å². The number of piperazine rings is 1. The Bertz CT molecular complexity index is 1230. The van der Waals surface area contributed by atoms with Crippen LogP contribution in [0.5, 0.6) is 0 Å². The number of hydrogen-bond donors (Lipinski definition) is 0. The highest BCUT2D eigenvalue weighted by Gasteiger charge is 2.27. The summed E-state index contributed by atoms with van der Waals surface area (Å²) in [6.07, 6.45) is 2.01. The molecule has 1 unspecified atom stereocenters. The molecule has 0 radical (unpaired) electrons. The average Bonchev–Trinajstić information content (AvgIpc) is 2.94. The Balaban J connectivity index is 1.24. The lowest BCUT2D eigenvalue weighted by Crippen LogP contribution is -2.49. The molecule has 0 saturated carbocycles. The summed E-state index contributed by atoms with van der Waals surface area (Å²) in [4.78, 5) is 32.7. The summed E-state index contributed by atoms with van der Waals surface area (Å²) in [5.41, 5.74) is 6.53. The Morgan fingerprint density at radius 3 is 2.19 bits per heavy atom. The molecule has 3 aromatic carbocycles. The maximum Gasteiger partial charge on any atom is 0.253 e. The zero-order valence-corrected chi connectivity index (χ0v) is 21.3. The van der Waals surface area contributed by atoms with Crippen molar-refractivity contribution in [2.24, 2.45) is 0 Å². The number of aryl methyl sites for hydroxylation is 1. The number of carbonyl (C=O) groups excluding carboxylic acids is 2. The molecule has 2 amide bonds. The highest BCUT2D eigenvalue weighted by atomic mass is 16.2. The molecule has 36 heavy (non-hydrogen) atoms. The Hall–Kier alpha value is -3.60. The molecule has 2 aliphatic heterocycles. The lowest BCUT2D eigenvalue weighted by molar-refractivity contribution is 0.0704. The number of hydrogen-bond acceptors (Lipinski definition) is 3. The summed E-state index contributed by atoms with van der Waals surface area (Å²) in [6.45, 7) is 8.93. The third-order valence-corrected chi connectivity index (χ3v) is 7.82. The fourth-order valence-electron chi connectivity index (χ4n) is 5.53. The number of nitrogens with zero attached hydrogens (tertiary/aromatic N) is 3. The minimum absolute atomic E-state index is 0.0919. The predicted octanol–water partition coefficient (Wildman–Crippen LogP) is 5.29. The van der Waals surface area contributed by atoms with Gasteiger partial charge in [0, 0.05) is 62.0 Å². The molecule has 5 nitrogen and oxygen atoms in total. The normalized spacial score (nSPS) is 18.3. The summed E-state index contributed by atoms with van der Waals surface area (Å²) in [5.74, 6) is 0.444. The van der Waals surface area contributed by atoms with Crippen molar-refractivity contribution in [2.45, 2.75) is 32.6 Å². The highest BCUT2D eigenvalue weighted by Crippen LogP contribution is 2.29. The van der Waals surface area contributed by atoms with Crippen molar-refractivity contribution in [1.29, 1.82) is 0 Å². The Kier molecular flexibility index (Phi) is 7.08. The van der Waals surface area contributed by atoms with Crippen molar-refractivity contribution >= 4 is 17.5 Å². The van der Waals surface area contributed by atoms with E-state index in [-0.39, 0.29) is 17.7 Å². The molecule has 5 heteroatoms. The number of piperidine rings is 1. The molecule has 2 fully saturated rings. The third kappa shape index (κ3) is 5.01. The number of rotatable bonds is 4. The van der Waals surface area contributed by atoms with Crippen LogP contribution in [0.25, 0.3) is 0 Å². The maximum absolute atomic E-state index is 13.4. The molecule has 0 N–H and O–H groups in total. The minimum Gasteiger partial charge on any atom is -0.368 e. The molecule has 2 aliphatic rings. The van der Waals surface area contributed by atoms with E-state index < -0.39 is 0 Å². The van der Waals surface area contributed by atoms with E-state index in [1.165, 1.54) is 16.8 Å². The van der Waals surface area contributed by atoms with Crippen LogP contribution in [-0.2, 0) is 0 Å². The zero-order valence-electron chi connectivity index (χ0n) is 21.3. The molecule has 3 aromatic rings. The average molecular weight is 482 g/mol. The highest BCUT2D eigenvalue weighted by molar-refractivity contribution is 5.95. The Morgan fingerprint density at radius 2 is 1.42 bits per heavy atom. The summed E-state index contributed by atoms with van der Waals surface area (Å²) >= 11 is 0. The molecule has 186 valence electrons. The van der Waals surface area contributed by atoms with Gasteiger partial charge in [-0.05, 0) is 73.7 Å². The zero-order chi connectivity index (χ0) is 25.1. The van der Waals surface area contributed by atoms with Gasteiger partial charge in [-0.1, -0.05) is 42.5 Å². The van der Waals surface area contributed by atoms with Crippen molar-refractivity contribution in [2.75, 3.05) is 44.2 Å². The van der Waals surface area contributed by atoms with E-state index in [1.54, 1.807) is 0 Å². The molecule has 2 saturated heterocycles. The van der Waals surface area contributed by atoms with Crippen LogP contribution < -0.4 is 4.90 Å². The number of likely N-dealkylation sites (tertiary alicyclic amines) is 1. The molecular weight excluding hydrogens is 446 g/mol. The second-order valence-electron chi connectivity index (χ2n) is 10.1. The molecule has 5 rings (SSSR count). The molecular formula is C31H35N3O2. The number of benzene rings is 3. The Labute approximate surface area is 214 Å². The van der Waals surface area contributed by atoms with Gasteiger partial charge >= 0.3 is 0 Å². The quantitative estimate of drug-likeness (QED) is 0.509. The van der Waals surface area contributed by atoms with E-state index >= 15 is 0 Å². The fourth-order valence-corrected chi connectivity index (χ4v) is 5.53. The first kappa shape index (κ1) is 24.1. The first-order valence-corrected chi connectivity index (χ1v) is 13.1. The van der Waals surface area contributed by atoms with Gasteiger partial charge in [0.1, 0.15) is 0 Å². The van der Waals surface area contributed by atoms with Crippen LogP contribution in [0.1, 0.15) is 56.2 Å². The van der Waals surface area contributed by atoms with E-state index in [0.717, 1.165) is 62.3 Å². The molecule has 2 heterocycles. The van der Waals surface area contributed by atoms with Gasteiger partial charge < -0.3 is 14.7 Å². The lowest BCUT2D eigenvalue weighted by Gasteiger charge is -2.37. The van der Waals surface area contributed by atoms with Crippen LogP contribution in [0.4, 0.5) is 5.69 Å². The third-order valence-electron chi connectivity index (χ3n) is 7.82. The second-order valence-corrected chi connectivity index (χ2v) is 10.1. The van der Waals surface area contributed by atoms with Gasteiger partial charge in [-0.25, -0.2) is 0 Å². The summed E-state index contributed by atoms with van der Waals surface area (Å²) in [7, 11) is 0. The van der Waals surface area contributed by atoms with E-state index in [0.29, 0.717) is 6.54 Å². The van der Waals surface area contributed by atoms with E-state index in [4.69, 9.17) is 0 Å². The van der Waals surface area contributed by atoms with Gasteiger partial charge in [0.15, 0.2) is 0 Å². The molecule has 0 bridgehead atoms. The van der Waals surface area contributed by atoms with Crippen molar-refractivity contribution in [3.8, 4) is 0 Å². The van der Waals surface area contributed by atoms with Crippen LogP contribution in [-0.4, -0.2) is 60.9 Å². The smallest absolute Gasteiger partial charge is 0.253 e. The predicted molar refractivity (Wildman–Crippen MR) is 145 cm³/mol. The summed E-state index contributed by atoms with van der Waals surface area (Å²) < 4.78 is 0. The minimum atomic E-state index is 0.0919. The first-order valence-electron chi connectivity index (χ1n) is 13.1. The van der Waals surface area contributed by atoms with Gasteiger partial charge in [-0.3, -0.25) is 9.59 Å². The van der Waals surface area contributed by atoms with E-state index in [9.17, 15) is 9.59 Å². The maximum atomic E-state index is 13.4. The summed E-state index contributed by atoms with van der Waals surface area (Å²) in [6, 6.07) is 24.0. The van der Waals surface area contributed by atoms with Crippen LogP contribution in [0.3, 0.4) is 0 Å². The SMILES string of the molecule is Cc1cccc(N2CCN(C(=O)c3cccc(C4CCCN(C(=O)c5ccccc5)C4)c3)CC2)c1C. The van der Waals surface area contributed by atoms with Crippen molar-refractivity contribution in [3.63, 3.8) is 0 Å². The van der Waals surface area contributed by atoms with Gasteiger partial charge in [0.25, 0.3) is 11.8 Å². The first-order chi connectivity index (χ1) is 17.5. The lowest BCUT2D eigenvalue weighted by atomic mass is 9.89. The van der Waals surface area contributed by atoms with Gasteiger partial charge in [0.2, 0.25) is 0 Å². The molecule has 0 aliphatic carbocycles. The number of amides is 2. The standard InChI is InChI=1S/C31H35N3O2/c1-23-9-6-15-29(24(23)2)32-17-19-33(20-18-32)31(36)27-13-7-12-26(21-27)28-14-8-16-34(22-28)30(35)25-10-4-3-5-11-25/h3-7,9-13,15,21,28H,8,14,16-20,22H2,1-2H3. The van der Waals surface area contributed by atoms with Gasteiger partial charge in [-0.2, -0.15) is 0 Å². The number of anilines is 1. The van der Waals surface area contributed by atoms with Crippen molar-refractivity contribution in [3.05, 3.63) is 101 Å². The van der Waals surface area contributed by atoms with E-state index in [2.05, 4.69) is 49.1 Å². The van der Waals surface area contributed by atoms with Crippen LogP contribution in [0.15, 0.2) is 72.8 Å². The van der Waals surface area contributed by atoms with E-state index in [1.807, 2.05) is 52.3 Å². The largest absolute Gasteiger partial charge is 0.368 e. The van der Waals surface area contributed by atoms with Gasteiger partial charge in [0.05, 0.1) is 0 Å². The Morgan fingerprint density at radius 1 is 0.722 bits per heavy atom. The van der Waals surface area contributed by atoms with Crippen molar-refractivity contribution < 1.29 is 9.59 Å². The molecule has 0 aromatic heterocycles. The van der Waals surface area contributed by atoms with Gasteiger partial charge in [-0.15, -0.1) is 0 Å². The van der Waals surface area contributed by atoms with Crippen LogP contribution >= 0.6 is 0 Å². The molecule has 1 atom stereocenters. The second kappa shape index (κ2) is 10.6. The molecule has 0 spiro atoms. The topological polar surface area (TPSA) is 43.9 Å². The summed E-state index contributed by atoms with van der Waals surface area (Å²) in [5, 5.41) is 0. The number of carbonyl (C=O) groups is 2. The van der Waals surface area contributed by atoms with Crippen LogP contribution in [0.2, 0.25) is 0 Å². The van der Waals surface area contributed by atoms with Crippen molar-refractivity contribution in [1.82, 2.24) is 9.80 Å².